The maximum Gasteiger partial charge on any atom is 0.379 e. The summed E-state index contributed by atoms with van der Waals surface area (Å²) in [6.45, 7) is 1.80. The molecule has 1 aromatic heterocycles. The maximum atomic E-state index is 12.6. The normalized spacial score (nSPS) is 14.1. The van der Waals surface area contributed by atoms with Crippen molar-refractivity contribution in [1.82, 2.24) is 5.43 Å². The molecule has 1 aliphatic carbocycles. The first kappa shape index (κ1) is 20.4. The number of rotatable bonds is 5. The van der Waals surface area contributed by atoms with Crippen molar-refractivity contribution in [2.24, 2.45) is 5.10 Å². The number of aryl methyl sites for hydroxylation is 1. The maximum absolute atomic E-state index is 12.6. The van der Waals surface area contributed by atoms with Gasteiger partial charge < -0.3 is 13.9 Å². The number of hydrazone groups is 1. The number of hydrogen-bond donors (Lipinski definition) is 1. The quantitative estimate of drug-likeness (QED) is 0.379. The van der Waals surface area contributed by atoms with Crippen LogP contribution < -0.4 is 14.9 Å². The molecule has 0 fully saturated rings. The smallest absolute Gasteiger partial charge is 0.379 e. The van der Waals surface area contributed by atoms with Crippen molar-refractivity contribution in [3.8, 4) is 11.5 Å². The van der Waals surface area contributed by atoms with Crippen LogP contribution in [0.2, 0.25) is 0 Å². The molecule has 1 N–H and O–H groups in total. The van der Waals surface area contributed by atoms with Gasteiger partial charge in [0.1, 0.15) is 17.3 Å². The van der Waals surface area contributed by atoms with Crippen LogP contribution >= 0.6 is 0 Å². The Morgan fingerprint density at radius 2 is 1.77 bits per heavy atom. The van der Waals surface area contributed by atoms with Crippen LogP contribution in [-0.4, -0.2) is 24.7 Å². The molecule has 1 amide bonds. The second-order valence-electron chi connectivity index (χ2n) is 7.11. The van der Waals surface area contributed by atoms with Gasteiger partial charge in [-0.3, -0.25) is 4.79 Å². The lowest BCUT2D eigenvalue weighted by Gasteiger charge is -2.14. The van der Waals surface area contributed by atoms with Gasteiger partial charge in [0.25, 0.3) is 5.91 Å². The number of methoxy groups -OCH3 is 1. The lowest BCUT2D eigenvalue weighted by molar-refractivity contribution is 0.0698. The summed E-state index contributed by atoms with van der Waals surface area (Å²) in [5.41, 5.74) is 5.07. The lowest BCUT2D eigenvalue weighted by atomic mass is 9.93. The van der Waals surface area contributed by atoms with Crippen molar-refractivity contribution in [3.05, 3.63) is 82.8 Å². The molecule has 0 bridgehead atoms. The minimum atomic E-state index is -0.560. The van der Waals surface area contributed by atoms with E-state index in [1.165, 1.54) is 7.11 Å². The van der Waals surface area contributed by atoms with Gasteiger partial charge in [0.15, 0.2) is 0 Å². The van der Waals surface area contributed by atoms with Crippen molar-refractivity contribution in [1.29, 1.82) is 0 Å². The largest absolute Gasteiger partial charge is 0.496 e. The average Bonchev–Trinajstić information content (AvgIpc) is 3.15. The van der Waals surface area contributed by atoms with Gasteiger partial charge in [0.2, 0.25) is 5.76 Å². The molecule has 2 aromatic carbocycles. The van der Waals surface area contributed by atoms with Gasteiger partial charge in [-0.2, -0.15) is 5.10 Å². The molecular formula is C24H22N2O5. The zero-order valence-electron chi connectivity index (χ0n) is 17.3. The number of carbonyl (C=O) groups excluding carboxylic acids is 2. The van der Waals surface area contributed by atoms with Crippen LogP contribution in [0.4, 0.5) is 0 Å². The summed E-state index contributed by atoms with van der Waals surface area (Å²) in [6.07, 6.45) is 2.15. The summed E-state index contributed by atoms with van der Waals surface area (Å²) in [5.74, 6) is 0.806. The van der Waals surface area contributed by atoms with E-state index in [0.29, 0.717) is 46.9 Å². The number of carbonyl (C=O) groups is 2. The van der Waals surface area contributed by atoms with Crippen LogP contribution in [0.25, 0.3) is 0 Å². The third-order valence-electron chi connectivity index (χ3n) is 5.11. The number of para-hydroxylation sites is 2. The minimum Gasteiger partial charge on any atom is -0.496 e. The first-order valence-electron chi connectivity index (χ1n) is 9.98. The molecule has 7 nitrogen and oxygen atoms in total. The summed E-state index contributed by atoms with van der Waals surface area (Å²) in [7, 11) is 1.51. The number of benzene rings is 2. The zero-order chi connectivity index (χ0) is 21.8. The zero-order valence-corrected chi connectivity index (χ0v) is 17.3. The van der Waals surface area contributed by atoms with Gasteiger partial charge in [-0.1, -0.05) is 30.3 Å². The molecule has 0 atom stereocenters. The van der Waals surface area contributed by atoms with Crippen molar-refractivity contribution in [2.45, 2.75) is 26.2 Å². The van der Waals surface area contributed by atoms with Crippen molar-refractivity contribution in [2.75, 3.05) is 7.11 Å². The van der Waals surface area contributed by atoms with Crippen LogP contribution in [0.15, 0.2) is 64.1 Å². The fourth-order valence-corrected chi connectivity index (χ4v) is 3.63. The predicted molar refractivity (Wildman–Crippen MR) is 115 cm³/mol. The summed E-state index contributed by atoms with van der Waals surface area (Å²) in [6, 6.07) is 15.8. The summed E-state index contributed by atoms with van der Waals surface area (Å²) < 4.78 is 16.5. The Balaban J connectivity index is 1.58. The Hall–Kier alpha value is -3.87. The van der Waals surface area contributed by atoms with E-state index < -0.39 is 5.97 Å². The van der Waals surface area contributed by atoms with Crippen molar-refractivity contribution < 1.29 is 23.5 Å². The molecule has 0 spiro atoms. The van der Waals surface area contributed by atoms with E-state index in [4.69, 9.17) is 13.9 Å². The number of furan rings is 1. The molecule has 158 valence electrons. The number of nitrogens with zero attached hydrogens (tertiary/aromatic N) is 1. The molecule has 0 saturated heterocycles. The average molecular weight is 418 g/mol. The van der Waals surface area contributed by atoms with Crippen LogP contribution in [0.3, 0.4) is 0 Å². The van der Waals surface area contributed by atoms with Gasteiger partial charge in [-0.05, 0) is 44.0 Å². The standard InChI is InChI=1S/C24H22N2O5/c1-15-21-18(25-26-23(27)17-11-6-7-13-19(17)29-2)12-8-14-20(21)31-22(15)24(28)30-16-9-4-3-5-10-16/h3-7,9-11,13H,8,12,14H2,1-2H3,(H,26,27)/b25-18+. The molecule has 0 unspecified atom stereocenters. The van der Waals surface area contributed by atoms with Crippen LogP contribution in [-0.2, 0) is 6.42 Å². The van der Waals surface area contributed by atoms with Gasteiger partial charge in [-0.25, -0.2) is 10.2 Å². The molecule has 0 saturated carbocycles. The second-order valence-corrected chi connectivity index (χ2v) is 7.11. The van der Waals surface area contributed by atoms with E-state index in [1.807, 2.05) is 6.07 Å². The van der Waals surface area contributed by atoms with Crippen LogP contribution in [0, 0.1) is 6.92 Å². The number of nitrogens with one attached hydrogen (secondary N) is 1. The minimum absolute atomic E-state index is 0.152. The third-order valence-corrected chi connectivity index (χ3v) is 5.11. The predicted octanol–water partition coefficient (Wildman–Crippen LogP) is 4.29. The SMILES string of the molecule is COc1ccccc1C(=O)N/N=C1\CCCc2oc(C(=O)Oc3ccccc3)c(C)c21. The number of amides is 1. The Morgan fingerprint density at radius 3 is 2.55 bits per heavy atom. The first-order valence-corrected chi connectivity index (χ1v) is 9.98. The number of ether oxygens (including phenoxy) is 2. The first-order chi connectivity index (χ1) is 15.1. The summed E-state index contributed by atoms with van der Waals surface area (Å²) in [4.78, 5) is 25.2. The molecule has 0 aliphatic heterocycles. The van der Waals surface area contributed by atoms with E-state index in [0.717, 1.165) is 12.0 Å². The Morgan fingerprint density at radius 1 is 1.03 bits per heavy atom. The fraction of sp³-hybridized carbons (Fsp3) is 0.208. The molecule has 1 heterocycles. The molecule has 31 heavy (non-hydrogen) atoms. The van der Waals surface area contributed by atoms with Crippen molar-refractivity contribution >= 4 is 17.6 Å². The summed E-state index contributed by atoms with van der Waals surface area (Å²) >= 11 is 0. The molecule has 4 rings (SSSR count). The highest BCUT2D eigenvalue weighted by Gasteiger charge is 2.29. The number of esters is 1. The van der Waals surface area contributed by atoms with Gasteiger partial charge in [0, 0.05) is 17.5 Å². The van der Waals surface area contributed by atoms with E-state index in [2.05, 4.69) is 10.5 Å². The van der Waals surface area contributed by atoms with Crippen LogP contribution in [0.1, 0.15) is 50.6 Å². The van der Waals surface area contributed by atoms with E-state index in [-0.39, 0.29) is 11.7 Å². The van der Waals surface area contributed by atoms with Crippen molar-refractivity contribution in [3.63, 3.8) is 0 Å². The van der Waals surface area contributed by atoms with E-state index in [9.17, 15) is 9.59 Å². The van der Waals surface area contributed by atoms with E-state index in [1.54, 1.807) is 55.5 Å². The lowest BCUT2D eigenvalue weighted by Crippen LogP contribution is -2.22. The van der Waals surface area contributed by atoms with E-state index >= 15 is 0 Å². The highest BCUT2D eigenvalue weighted by atomic mass is 16.5. The van der Waals surface area contributed by atoms with Gasteiger partial charge in [-0.15, -0.1) is 0 Å². The van der Waals surface area contributed by atoms with Gasteiger partial charge >= 0.3 is 5.97 Å². The molecule has 3 aromatic rings. The van der Waals surface area contributed by atoms with Crippen LogP contribution in [0.5, 0.6) is 11.5 Å². The molecule has 0 radical (unpaired) electrons. The Labute approximate surface area is 179 Å². The third kappa shape index (κ3) is 4.21. The van der Waals surface area contributed by atoms with Gasteiger partial charge in [0.05, 0.1) is 18.4 Å². The Bertz CT molecular complexity index is 1150. The number of fused-ring (bicyclic) bond motifs is 1. The molecule has 1 aliphatic rings. The Kier molecular flexibility index (Phi) is 5.84. The highest BCUT2D eigenvalue weighted by Crippen LogP contribution is 2.30. The topological polar surface area (TPSA) is 90.1 Å². The molecular weight excluding hydrogens is 396 g/mol. The highest BCUT2D eigenvalue weighted by molar-refractivity contribution is 6.07. The monoisotopic (exact) mass is 418 g/mol. The number of hydrogen-bond acceptors (Lipinski definition) is 6. The molecule has 7 heteroatoms. The fourth-order valence-electron chi connectivity index (χ4n) is 3.63. The second kappa shape index (κ2) is 8.87. The summed E-state index contributed by atoms with van der Waals surface area (Å²) in [5, 5.41) is 4.34.